The minimum Gasteiger partial charge on any atom is -0.491 e. The second-order valence-corrected chi connectivity index (χ2v) is 8.24. The van der Waals surface area contributed by atoms with Gasteiger partial charge in [-0.15, -0.1) is 0 Å². The summed E-state index contributed by atoms with van der Waals surface area (Å²) in [5.74, 6) is -0.00327. The Kier molecular flexibility index (Phi) is 8.37. The van der Waals surface area contributed by atoms with Crippen LogP contribution in [0.5, 0.6) is 5.75 Å². The van der Waals surface area contributed by atoms with Crippen molar-refractivity contribution >= 4 is 17.8 Å². The number of nitrogens with zero attached hydrogens (tertiary/aromatic N) is 4. The number of hydrazone groups is 1. The van der Waals surface area contributed by atoms with Crippen LogP contribution >= 0.6 is 0 Å². The molecule has 1 amide bonds. The number of ether oxygens (including phenoxy) is 1. The first kappa shape index (κ1) is 24.3. The first-order valence-electron chi connectivity index (χ1n) is 11.4. The Morgan fingerprint density at radius 2 is 1.86 bits per heavy atom. The summed E-state index contributed by atoms with van der Waals surface area (Å²) in [4.78, 5) is 20.6. The first-order chi connectivity index (χ1) is 17.1. The standard InChI is InChI=1S/C26H28FN5O3/c27-22-5-7-23(8-6-22)32-14-12-31(13-15-32)18-24(33)19-35-25-9-3-21(4-10-25)26(34)30-29-17-20-2-1-11-28-16-20/h1-11,16-17,24,33H,12-15,18-19H2,(H,30,34)/b29-17-. The van der Waals surface area contributed by atoms with E-state index >= 15 is 0 Å². The van der Waals surface area contributed by atoms with Gasteiger partial charge in [0.25, 0.3) is 5.91 Å². The molecular weight excluding hydrogens is 449 g/mol. The number of aromatic nitrogens is 1. The number of carbonyl (C=O) groups excluding carboxylic acids is 1. The number of hydrogen-bond donors (Lipinski definition) is 2. The lowest BCUT2D eigenvalue weighted by Gasteiger charge is -2.36. The van der Waals surface area contributed by atoms with Crippen molar-refractivity contribution in [3.63, 3.8) is 0 Å². The zero-order chi connectivity index (χ0) is 24.5. The largest absolute Gasteiger partial charge is 0.491 e. The summed E-state index contributed by atoms with van der Waals surface area (Å²) in [7, 11) is 0. The Morgan fingerprint density at radius 1 is 1.11 bits per heavy atom. The average Bonchev–Trinajstić information content (AvgIpc) is 2.89. The molecule has 0 bridgehead atoms. The van der Waals surface area contributed by atoms with Crippen LogP contribution in [0.15, 0.2) is 78.2 Å². The van der Waals surface area contributed by atoms with Crippen LogP contribution in [0.3, 0.4) is 0 Å². The molecular formula is C26H28FN5O3. The summed E-state index contributed by atoms with van der Waals surface area (Å²) in [6.07, 6.45) is 4.19. The van der Waals surface area contributed by atoms with E-state index in [0.717, 1.165) is 37.4 Å². The van der Waals surface area contributed by atoms with Crippen LogP contribution in [0.2, 0.25) is 0 Å². The van der Waals surface area contributed by atoms with Crippen molar-refractivity contribution in [3.8, 4) is 5.75 Å². The molecule has 1 aliphatic rings. The summed E-state index contributed by atoms with van der Waals surface area (Å²) >= 11 is 0. The highest BCUT2D eigenvalue weighted by Gasteiger charge is 2.20. The summed E-state index contributed by atoms with van der Waals surface area (Å²) in [5.41, 5.74) is 4.71. The van der Waals surface area contributed by atoms with Crippen LogP contribution in [0.4, 0.5) is 10.1 Å². The van der Waals surface area contributed by atoms with E-state index in [4.69, 9.17) is 4.74 Å². The Balaban J connectivity index is 1.17. The predicted octanol–water partition coefficient (Wildman–Crippen LogP) is 2.55. The van der Waals surface area contributed by atoms with Gasteiger partial charge in [-0.05, 0) is 54.6 Å². The Bertz CT molecular complexity index is 1100. The van der Waals surface area contributed by atoms with Crippen molar-refractivity contribution in [3.05, 3.63) is 90.0 Å². The van der Waals surface area contributed by atoms with Crippen molar-refractivity contribution < 1.29 is 19.0 Å². The van der Waals surface area contributed by atoms with Crippen LogP contribution in [0, 0.1) is 5.82 Å². The second kappa shape index (κ2) is 12.0. The summed E-state index contributed by atoms with van der Waals surface area (Å²) in [6, 6.07) is 16.8. The van der Waals surface area contributed by atoms with E-state index in [1.807, 2.05) is 6.07 Å². The maximum absolute atomic E-state index is 13.1. The molecule has 2 N–H and O–H groups in total. The molecule has 1 unspecified atom stereocenters. The predicted molar refractivity (Wildman–Crippen MR) is 132 cm³/mol. The highest BCUT2D eigenvalue weighted by atomic mass is 19.1. The van der Waals surface area contributed by atoms with E-state index < -0.39 is 6.10 Å². The van der Waals surface area contributed by atoms with Gasteiger partial charge in [-0.25, -0.2) is 9.82 Å². The number of anilines is 1. The van der Waals surface area contributed by atoms with Gasteiger partial charge in [-0.2, -0.15) is 5.10 Å². The molecule has 3 aromatic rings. The number of amides is 1. The maximum Gasteiger partial charge on any atom is 0.271 e. The average molecular weight is 478 g/mol. The number of halogens is 1. The molecule has 1 atom stereocenters. The molecule has 0 spiro atoms. The molecule has 1 saturated heterocycles. The SMILES string of the molecule is O=C(N/N=C\c1cccnc1)c1ccc(OCC(O)CN2CCN(c3ccc(F)cc3)CC2)cc1. The highest BCUT2D eigenvalue weighted by Crippen LogP contribution is 2.17. The molecule has 1 aromatic heterocycles. The molecule has 2 heterocycles. The number of aliphatic hydroxyl groups is 1. The van der Waals surface area contributed by atoms with Crippen molar-refractivity contribution in [2.45, 2.75) is 6.10 Å². The van der Waals surface area contributed by atoms with E-state index in [1.165, 1.54) is 18.3 Å². The van der Waals surface area contributed by atoms with Gasteiger partial charge in [-0.1, -0.05) is 6.07 Å². The number of benzene rings is 2. The molecule has 8 nitrogen and oxygen atoms in total. The van der Waals surface area contributed by atoms with Gasteiger partial charge in [0.05, 0.1) is 6.21 Å². The number of piperazine rings is 1. The van der Waals surface area contributed by atoms with Crippen LogP contribution in [-0.4, -0.2) is 72.5 Å². The Morgan fingerprint density at radius 3 is 2.54 bits per heavy atom. The fourth-order valence-corrected chi connectivity index (χ4v) is 3.77. The Labute approximate surface area is 203 Å². The number of hydrogen-bond acceptors (Lipinski definition) is 7. The minimum atomic E-state index is -0.642. The lowest BCUT2D eigenvalue weighted by molar-refractivity contribution is 0.0663. The van der Waals surface area contributed by atoms with Gasteiger partial charge in [-0.3, -0.25) is 14.7 Å². The number of aliphatic hydroxyl groups excluding tert-OH is 1. The molecule has 4 rings (SSSR count). The van der Waals surface area contributed by atoms with Gasteiger partial charge in [0.2, 0.25) is 0 Å². The minimum absolute atomic E-state index is 0.152. The summed E-state index contributed by atoms with van der Waals surface area (Å²) in [5, 5.41) is 14.3. The lowest BCUT2D eigenvalue weighted by Crippen LogP contribution is -2.49. The zero-order valence-electron chi connectivity index (χ0n) is 19.3. The smallest absolute Gasteiger partial charge is 0.271 e. The number of pyridine rings is 1. The van der Waals surface area contributed by atoms with Gasteiger partial charge in [0, 0.05) is 61.9 Å². The number of rotatable bonds is 9. The molecule has 0 radical (unpaired) electrons. The molecule has 35 heavy (non-hydrogen) atoms. The zero-order valence-corrected chi connectivity index (χ0v) is 19.3. The third-order valence-corrected chi connectivity index (χ3v) is 5.66. The maximum atomic E-state index is 13.1. The van der Waals surface area contributed by atoms with Crippen LogP contribution in [-0.2, 0) is 0 Å². The quantitative estimate of drug-likeness (QED) is 0.364. The highest BCUT2D eigenvalue weighted by molar-refractivity contribution is 5.94. The normalized spacial score (nSPS) is 15.2. The molecule has 1 aliphatic heterocycles. The van der Waals surface area contributed by atoms with E-state index in [0.29, 0.717) is 17.9 Å². The van der Waals surface area contributed by atoms with E-state index in [9.17, 15) is 14.3 Å². The number of nitrogens with one attached hydrogen (secondary N) is 1. The Hall–Kier alpha value is -3.82. The fourth-order valence-electron chi connectivity index (χ4n) is 3.77. The first-order valence-corrected chi connectivity index (χ1v) is 11.4. The van der Waals surface area contributed by atoms with Crippen molar-refractivity contribution in [1.29, 1.82) is 0 Å². The van der Waals surface area contributed by atoms with Crippen LogP contribution < -0.4 is 15.1 Å². The lowest BCUT2D eigenvalue weighted by atomic mass is 10.2. The van der Waals surface area contributed by atoms with E-state index in [1.54, 1.807) is 54.9 Å². The summed E-state index contributed by atoms with van der Waals surface area (Å²) < 4.78 is 18.8. The van der Waals surface area contributed by atoms with E-state index in [2.05, 4.69) is 25.3 Å². The molecule has 9 heteroatoms. The van der Waals surface area contributed by atoms with Gasteiger partial charge >= 0.3 is 0 Å². The van der Waals surface area contributed by atoms with Gasteiger partial charge in [0.1, 0.15) is 24.3 Å². The van der Waals surface area contributed by atoms with Crippen molar-refractivity contribution in [2.24, 2.45) is 5.10 Å². The molecule has 0 aliphatic carbocycles. The number of carbonyl (C=O) groups is 1. The monoisotopic (exact) mass is 477 g/mol. The van der Waals surface area contributed by atoms with Gasteiger partial charge in [0.15, 0.2) is 0 Å². The van der Waals surface area contributed by atoms with E-state index in [-0.39, 0.29) is 18.3 Å². The third-order valence-electron chi connectivity index (χ3n) is 5.66. The van der Waals surface area contributed by atoms with Gasteiger partial charge < -0.3 is 14.7 Å². The van der Waals surface area contributed by atoms with Crippen molar-refractivity contribution in [1.82, 2.24) is 15.3 Å². The topological polar surface area (TPSA) is 90.3 Å². The molecule has 2 aromatic carbocycles. The molecule has 0 saturated carbocycles. The molecule has 182 valence electrons. The van der Waals surface area contributed by atoms with Crippen LogP contribution in [0.25, 0.3) is 0 Å². The molecule has 1 fully saturated rings. The fraction of sp³-hybridized carbons (Fsp3) is 0.269. The third kappa shape index (κ3) is 7.33. The van der Waals surface area contributed by atoms with Crippen LogP contribution in [0.1, 0.15) is 15.9 Å². The summed E-state index contributed by atoms with van der Waals surface area (Å²) in [6.45, 7) is 3.90. The number of β-amino-alcohol motifs (C(OH)–C–C–N with tert-alkyl or cyclic N) is 1. The second-order valence-electron chi connectivity index (χ2n) is 8.24. The van der Waals surface area contributed by atoms with Crippen molar-refractivity contribution in [2.75, 3.05) is 44.2 Å².